The fourth-order valence-corrected chi connectivity index (χ4v) is 2.74. The Kier molecular flexibility index (Phi) is 1.83. The van der Waals surface area contributed by atoms with Crippen molar-refractivity contribution in [3.8, 4) is 0 Å². The van der Waals surface area contributed by atoms with E-state index in [4.69, 9.17) is 0 Å². The molecule has 1 aromatic carbocycles. The fourth-order valence-electron chi connectivity index (χ4n) is 2.74. The van der Waals surface area contributed by atoms with Gasteiger partial charge in [-0.2, -0.15) is 0 Å². The van der Waals surface area contributed by atoms with Crippen molar-refractivity contribution in [1.29, 1.82) is 0 Å². The molecule has 15 heavy (non-hydrogen) atoms. The van der Waals surface area contributed by atoms with Crippen molar-refractivity contribution in [3.05, 3.63) is 30.3 Å². The van der Waals surface area contributed by atoms with Crippen LogP contribution < -0.4 is 4.90 Å². The number of amides is 1. The number of anilines is 1. The summed E-state index contributed by atoms with van der Waals surface area (Å²) in [6.07, 6.45) is 1.12. The molecule has 1 aromatic rings. The Balaban J connectivity index is 1.97. The van der Waals surface area contributed by atoms with Crippen molar-refractivity contribution in [1.82, 2.24) is 0 Å². The Morgan fingerprint density at radius 2 is 1.93 bits per heavy atom. The number of fused-ring (bicyclic) bond motifs is 2. The van der Waals surface area contributed by atoms with E-state index in [-0.39, 0.29) is 24.0 Å². The van der Waals surface area contributed by atoms with Crippen LogP contribution in [-0.4, -0.2) is 23.2 Å². The third kappa shape index (κ3) is 1.20. The van der Waals surface area contributed by atoms with Gasteiger partial charge in [-0.05, 0) is 25.0 Å². The van der Waals surface area contributed by atoms with Gasteiger partial charge in [0.05, 0.1) is 12.1 Å². The van der Waals surface area contributed by atoms with Gasteiger partial charge in [-0.15, -0.1) is 0 Å². The van der Waals surface area contributed by atoms with E-state index in [0.717, 1.165) is 12.1 Å². The molecule has 3 unspecified atom stereocenters. The van der Waals surface area contributed by atoms with Gasteiger partial charge in [0.1, 0.15) is 0 Å². The minimum Gasteiger partial charge on any atom is -0.391 e. The Labute approximate surface area is 88.3 Å². The van der Waals surface area contributed by atoms with Crippen molar-refractivity contribution in [2.24, 2.45) is 5.92 Å². The average molecular weight is 203 g/mol. The number of nitrogens with zero attached hydrogens (tertiary/aromatic N) is 1. The molecule has 3 heteroatoms. The predicted octanol–water partition coefficient (Wildman–Crippen LogP) is 1.17. The maximum Gasteiger partial charge on any atom is 0.230 e. The third-order valence-electron chi connectivity index (χ3n) is 3.45. The monoisotopic (exact) mass is 203 g/mol. The second-order valence-electron chi connectivity index (χ2n) is 4.35. The summed E-state index contributed by atoms with van der Waals surface area (Å²) >= 11 is 0. The summed E-state index contributed by atoms with van der Waals surface area (Å²) in [6.45, 7) is 0. The quantitative estimate of drug-likeness (QED) is 0.744. The van der Waals surface area contributed by atoms with Crippen LogP contribution in [-0.2, 0) is 4.79 Å². The van der Waals surface area contributed by atoms with Crippen molar-refractivity contribution in [2.75, 3.05) is 4.90 Å². The first kappa shape index (κ1) is 8.92. The molecular weight excluding hydrogens is 190 g/mol. The maximum atomic E-state index is 11.9. The summed E-state index contributed by atoms with van der Waals surface area (Å²) in [5.74, 6) is 0.224. The Morgan fingerprint density at radius 3 is 2.60 bits per heavy atom. The van der Waals surface area contributed by atoms with E-state index in [0.29, 0.717) is 6.42 Å². The normalized spacial score (nSPS) is 33.8. The van der Waals surface area contributed by atoms with Crippen LogP contribution in [0.15, 0.2) is 30.3 Å². The molecule has 1 amide bonds. The molecule has 0 aromatic heterocycles. The van der Waals surface area contributed by atoms with Crippen molar-refractivity contribution in [3.63, 3.8) is 0 Å². The molecule has 1 aliphatic carbocycles. The Hall–Kier alpha value is -1.35. The molecular formula is C12H13NO2. The van der Waals surface area contributed by atoms with Crippen LogP contribution in [0.3, 0.4) is 0 Å². The number of aliphatic hydroxyl groups is 1. The minimum absolute atomic E-state index is 0.00454. The molecule has 0 spiro atoms. The lowest BCUT2D eigenvalue weighted by molar-refractivity contribution is -0.122. The molecule has 1 saturated carbocycles. The summed E-state index contributed by atoms with van der Waals surface area (Å²) in [4.78, 5) is 13.7. The van der Waals surface area contributed by atoms with Crippen molar-refractivity contribution in [2.45, 2.75) is 25.0 Å². The first-order valence-corrected chi connectivity index (χ1v) is 5.33. The molecule has 0 radical (unpaired) electrons. The summed E-state index contributed by atoms with van der Waals surface area (Å²) in [6, 6.07) is 9.61. The van der Waals surface area contributed by atoms with E-state index in [9.17, 15) is 9.90 Å². The zero-order chi connectivity index (χ0) is 10.4. The van der Waals surface area contributed by atoms with Crippen molar-refractivity contribution >= 4 is 11.6 Å². The molecule has 1 aliphatic heterocycles. The lowest BCUT2D eigenvalue weighted by Crippen LogP contribution is -2.44. The minimum atomic E-state index is -0.340. The molecule has 2 fully saturated rings. The van der Waals surface area contributed by atoms with Gasteiger partial charge < -0.3 is 10.0 Å². The number of carbonyl (C=O) groups is 1. The van der Waals surface area contributed by atoms with Crippen LogP contribution in [0.1, 0.15) is 12.8 Å². The van der Waals surface area contributed by atoms with E-state index < -0.39 is 0 Å². The largest absolute Gasteiger partial charge is 0.391 e. The SMILES string of the molecule is O=C1C2CC(O)C(C2)N1c1ccccc1. The van der Waals surface area contributed by atoms with Crippen molar-refractivity contribution < 1.29 is 9.90 Å². The lowest BCUT2D eigenvalue weighted by Gasteiger charge is -2.30. The van der Waals surface area contributed by atoms with Crippen LogP contribution in [0.4, 0.5) is 5.69 Å². The highest BCUT2D eigenvalue weighted by molar-refractivity contribution is 5.99. The molecule has 78 valence electrons. The van der Waals surface area contributed by atoms with E-state index in [2.05, 4.69) is 0 Å². The predicted molar refractivity (Wildman–Crippen MR) is 56.4 cm³/mol. The molecule has 1 saturated heterocycles. The van der Waals surface area contributed by atoms with Gasteiger partial charge in [-0.3, -0.25) is 4.79 Å². The number of carbonyl (C=O) groups excluding carboxylic acids is 1. The van der Waals surface area contributed by atoms with Crippen LogP contribution in [0, 0.1) is 5.92 Å². The number of piperidine rings is 1. The highest BCUT2D eigenvalue weighted by atomic mass is 16.3. The van der Waals surface area contributed by atoms with E-state index >= 15 is 0 Å². The summed E-state index contributed by atoms with van der Waals surface area (Å²) in [5.41, 5.74) is 0.911. The van der Waals surface area contributed by atoms with Gasteiger partial charge in [-0.25, -0.2) is 0 Å². The number of hydrogen-bond acceptors (Lipinski definition) is 2. The Morgan fingerprint density at radius 1 is 1.20 bits per heavy atom. The van der Waals surface area contributed by atoms with Gasteiger partial charge in [-0.1, -0.05) is 18.2 Å². The number of aliphatic hydroxyl groups excluding tert-OH is 1. The molecule has 3 nitrogen and oxygen atoms in total. The summed E-state index contributed by atoms with van der Waals surface area (Å²) < 4.78 is 0. The number of rotatable bonds is 1. The van der Waals surface area contributed by atoms with E-state index in [1.165, 1.54) is 0 Å². The standard InChI is InChI=1S/C12H13NO2/c14-11-7-8-6-10(11)13(12(8)15)9-4-2-1-3-5-9/h1-5,8,10-11,14H,6-7H2. The Bertz CT molecular complexity index is 390. The smallest absolute Gasteiger partial charge is 0.230 e. The van der Waals surface area contributed by atoms with Gasteiger partial charge in [0.25, 0.3) is 0 Å². The second kappa shape index (κ2) is 3.07. The van der Waals surface area contributed by atoms with Gasteiger partial charge in [0.15, 0.2) is 0 Å². The number of benzene rings is 1. The highest BCUT2D eigenvalue weighted by Gasteiger charge is 2.50. The molecule has 2 aliphatic rings. The highest BCUT2D eigenvalue weighted by Crippen LogP contribution is 2.41. The summed E-state index contributed by atoms with van der Waals surface area (Å²) in [5, 5.41) is 9.77. The first-order valence-electron chi connectivity index (χ1n) is 5.33. The van der Waals surface area contributed by atoms with Gasteiger partial charge in [0.2, 0.25) is 5.91 Å². The fraction of sp³-hybridized carbons (Fsp3) is 0.417. The molecule has 1 N–H and O–H groups in total. The zero-order valence-electron chi connectivity index (χ0n) is 8.34. The van der Waals surface area contributed by atoms with Crippen LogP contribution >= 0.6 is 0 Å². The molecule has 3 atom stereocenters. The average Bonchev–Trinajstić information content (AvgIpc) is 2.76. The van der Waals surface area contributed by atoms with Gasteiger partial charge in [0, 0.05) is 11.6 Å². The van der Waals surface area contributed by atoms with Crippen LogP contribution in [0.25, 0.3) is 0 Å². The van der Waals surface area contributed by atoms with Gasteiger partial charge >= 0.3 is 0 Å². The number of para-hydroxylation sites is 1. The second-order valence-corrected chi connectivity index (χ2v) is 4.35. The lowest BCUT2D eigenvalue weighted by atomic mass is 10.1. The van der Waals surface area contributed by atoms with Crippen LogP contribution in [0.2, 0.25) is 0 Å². The molecule has 2 bridgehead atoms. The summed E-state index contributed by atoms with van der Waals surface area (Å²) in [7, 11) is 0. The molecule has 1 heterocycles. The first-order chi connectivity index (χ1) is 7.27. The third-order valence-corrected chi connectivity index (χ3v) is 3.45. The van der Waals surface area contributed by atoms with E-state index in [1.54, 1.807) is 4.90 Å². The van der Waals surface area contributed by atoms with E-state index in [1.807, 2.05) is 30.3 Å². The molecule has 3 rings (SSSR count). The topological polar surface area (TPSA) is 40.5 Å². The number of hydrogen-bond donors (Lipinski definition) is 1. The maximum absolute atomic E-state index is 11.9. The van der Waals surface area contributed by atoms with Crippen LogP contribution in [0.5, 0.6) is 0 Å². The zero-order valence-corrected chi connectivity index (χ0v) is 8.34.